The Morgan fingerprint density at radius 2 is 2.08 bits per heavy atom. The summed E-state index contributed by atoms with van der Waals surface area (Å²) in [6, 6.07) is 4.57. The fourth-order valence-corrected chi connectivity index (χ4v) is 2.99. The van der Waals surface area contributed by atoms with Gasteiger partial charge in [0.2, 0.25) is 5.95 Å². The molecular weight excluding hydrogens is 332 g/mol. The van der Waals surface area contributed by atoms with Gasteiger partial charge in [-0.2, -0.15) is 0 Å². The summed E-state index contributed by atoms with van der Waals surface area (Å²) < 4.78 is 5.83. The number of nitro groups is 1. The molecule has 0 aliphatic heterocycles. The molecule has 0 spiro atoms. The molecule has 26 heavy (non-hydrogen) atoms. The second-order valence-corrected chi connectivity index (χ2v) is 6.58. The van der Waals surface area contributed by atoms with Crippen LogP contribution in [0.2, 0.25) is 0 Å². The first-order valence-electron chi connectivity index (χ1n) is 9.33. The Kier molecular flexibility index (Phi) is 7.72. The Morgan fingerprint density at radius 3 is 2.77 bits per heavy atom. The number of fused-ring (bicyclic) bond motifs is 1. The summed E-state index contributed by atoms with van der Waals surface area (Å²) >= 11 is 0. The van der Waals surface area contributed by atoms with E-state index in [1.165, 1.54) is 31.4 Å². The van der Waals surface area contributed by atoms with Crippen LogP contribution >= 0.6 is 0 Å². The van der Waals surface area contributed by atoms with Crippen molar-refractivity contribution in [3.63, 3.8) is 0 Å². The molecule has 2 N–H and O–H groups in total. The number of non-ortho nitro benzene ring substituents is 1. The van der Waals surface area contributed by atoms with Crippen LogP contribution in [-0.2, 0) is 11.2 Å². The smallest absolute Gasteiger partial charge is 0.270 e. The number of benzene rings is 1. The highest BCUT2D eigenvalue weighted by Gasteiger charge is 2.12. The summed E-state index contributed by atoms with van der Waals surface area (Å²) in [7, 11) is 0. The fraction of sp³-hybridized carbons (Fsp3) is 0.579. The molecule has 1 aromatic heterocycles. The number of nitro benzene ring substituents is 1. The highest BCUT2D eigenvalue weighted by molar-refractivity contribution is 5.84. The number of ether oxygens (including phenoxy) is 1. The molecule has 1 atom stereocenters. The van der Waals surface area contributed by atoms with Crippen molar-refractivity contribution in [2.75, 3.05) is 18.9 Å². The van der Waals surface area contributed by atoms with Gasteiger partial charge in [0.15, 0.2) is 0 Å². The number of nitrogen functional groups attached to an aromatic ring is 1. The molecule has 2 rings (SSSR count). The normalized spacial score (nSPS) is 12.4. The average molecular weight is 360 g/mol. The molecule has 7 nitrogen and oxygen atoms in total. The molecule has 2 aromatic rings. The number of hydrogen-bond acceptors (Lipinski definition) is 6. The number of nitrogens with zero attached hydrogens (tertiary/aromatic N) is 3. The van der Waals surface area contributed by atoms with Gasteiger partial charge in [-0.3, -0.25) is 10.1 Å². The van der Waals surface area contributed by atoms with Gasteiger partial charge in [0, 0.05) is 30.7 Å². The summed E-state index contributed by atoms with van der Waals surface area (Å²) in [4.78, 5) is 19.0. The molecule has 0 saturated heterocycles. The van der Waals surface area contributed by atoms with Crippen LogP contribution in [0.5, 0.6) is 0 Å². The second kappa shape index (κ2) is 10.0. The Hall–Kier alpha value is -2.28. The monoisotopic (exact) mass is 360 g/mol. The van der Waals surface area contributed by atoms with E-state index >= 15 is 0 Å². The summed E-state index contributed by atoms with van der Waals surface area (Å²) in [5.74, 6) is 0.806. The van der Waals surface area contributed by atoms with Gasteiger partial charge >= 0.3 is 0 Å². The predicted octanol–water partition coefficient (Wildman–Crippen LogP) is 4.29. The molecule has 0 saturated carbocycles. The van der Waals surface area contributed by atoms with Crippen molar-refractivity contribution in [2.45, 2.75) is 52.4 Å². The van der Waals surface area contributed by atoms with Gasteiger partial charge in [0.05, 0.1) is 16.1 Å². The minimum absolute atomic E-state index is 0.0325. The number of aryl methyl sites for hydroxylation is 1. The third kappa shape index (κ3) is 5.62. The lowest BCUT2D eigenvalue weighted by molar-refractivity contribution is -0.384. The maximum Gasteiger partial charge on any atom is 0.270 e. The van der Waals surface area contributed by atoms with Crippen LogP contribution in [-0.4, -0.2) is 28.1 Å². The minimum atomic E-state index is -0.413. The van der Waals surface area contributed by atoms with Crippen LogP contribution in [0.4, 0.5) is 11.6 Å². The van der Waals surface area contributed by atoms with Gasteiger partial charge in [-0.1, -0.05) is 33.1 Å². The molecule has 0 radical (unpaired) electrons. The summed E-state index contributed by atoms with van der Waals surface area (Å²) in [5.41, 5.74) is 7.17. The Morgan fingerprint density at radius 1 is 1.27 bits per heavy atom. The minimum Gasteiger partial charge on any atom is -0.381 e. The van der Waals surface area contributed by atoms with Gasteiger partial charge < -0.3 is 10.5 Å². The molecule has 0 amide bonds. The Balaban J connectivity index is 1.95. The third-order valence-corrected chi connectivity index (χ3v) is 4.59. The molecule has 0 bridgehead atoms. The van der Waals surface area contributed by atoms with E-state index in [0.29, 0.717) is 29.8 Å². The molecule has 142 valence electrons. The van der Waals surface area contributed by atoms with Gasteiger partial charge in [-0.15, -0.1) is 0 Å². The van der Waals surface area contributed by atoms with E-state index in [1.807, 2.05) is 0 Å². The van der Waals surface area contributed by atoms with E-state index in [-0.39, 0.29) is 11.6 Å². The van der Waals surface area contributed by atoms with Gasteiger partial charge in [-0.05, 0) is 31.2 Å². The lowest BCUT2D eigenvalue weighted by Crippen LogP contribution is -2.10. The SMILES string of the molecule is CCCCC(CC)COCCCc1nc(N)nc2ccc([N+](=O)[O-])cc12. The van der Waals surface area contributed by atoms with Crippen molar-refractivity contribution in [1.82, 2.24) is 9.97 Å². The topological polar surface area (TPSA) is 104 Å². The number of nitrogens with two attached hydrogens (primary N) is 1. The van der Waals surface area contributed by atoms with E-state index in [0.717, 1.165) is 25.1 Å². The largest absolute Gasteiger partial charge is 0.381 e. The fourth-order valence-electron chi connectivity index (χ4n) is 2.99. The molecular formula is C19H28N4O3. The van der Waals surface area contributed by atoms with Crippen molar-refractivity contribution in [1.29, 1.82) is 0 Å². The molecule has 0 aliphatic rings. The summed E-state index contributed by atoms with van der Waals surface area (Å²) in [6.07, 6.45) is 6.24. The summed E-state index contributed by atoms with van der Waals surface area (Å²) in [5, 5.41) is 11.7. The van der Waals surface area contributed by atoms with Crippen LogP contribution in [0.1, 0.15) is 51.6 Å². The zero-order valence-electron chi connectivity index (χ0n) is 15.6. The van der Waals surface area contributed by atoms with Crippen LogP contribution in [0.3, 0.4) is 0 Å². The van der Waals surface area contributed by atoms with Gasteiger partial charge in [0.1, 0.15) is 0 Å². The quantitative estimate of drug-likeness (QED) is 0.364. The maximum atomic E-state index is 11.0. The standard InChI is InChI=1S/C19H28N4O3/c1-3-5-7-14(4-2)13-26-11-6-8-17-16-12-15(23(24)25)9-10-18(16)22-19(20)21-17/h9-10,12,14H,3-8,11,13H2,1-2H3,(H2,20,21,22). The lowest BCUT2D eigenvalue weighted by atomic mass is 10.0. The lowest BCUT2D eigenvalue weighted by Gasteiger charge is -2.14. The highest BCUT2D eigenvalue weighted by atomic mass is 16.6. The van der Waals surface area contributed by atoms with E-state index in [4.69, 9.17) is 10.5 Å². The number of hydrogen-bond donors (Lipinski definition) is 1. The van der Waals surface area contributed by atoms with Crippen LogP contribution in [0, 0.1) is 16.0 Å². The molecule has 0 aliphatic carbocycles. The molecule has 0 fully saturated rings. The van der Waals surface area contributed by atoms with Crippen molar-refractivity contribution < 1.29 is 9.66 Å². The van der Waals surface area contributed by atoms with Crippen molar-refractivity contribution >= 4 is 22.5 Å². The van der Waals surface area contributed by atoms with Crippen LogP contribution < -0.4 is 5.73 Å². The Labute approximate surface area is 154 Å². The molecule has 1 heterocycles. The zero-order chi connectivity index (χ0) is 18.9. The number of rotatable bonds is 11. The van der Waals surface area contributed by atoms with Crippen molar-refractivity contribution in [3.05, 3.63) is 34.0 Å². The number of aromatic nitrogens is 2. The highest BCUT2D eigenvalue weighted by Crippen LogP contribution is 2.23. The van der Waals surface area contributed by atoms with Gasteiger partial charge in [-0.25, -0.2) is 9.97 Å². The molecule has 1 unspecified atom stereocenters. The first kappa shape index (κ1) is 20.0. The average Bonchev–Trinajstić information content (AvgIpc) is 2.63. The first-order chi connectivity index (χ1) is 12.5. The van der Waals surface area contributed by atoms with E-state index in [9.17, 15) is 10.1 Å². The van der Waals surface area contributed by atoms with Gasteiger partial charge in [0.25, 0.3) is 5.69 Å². The van der Waals surface area contributed by atoms with Crippen molar-refractivity contribution in [2.24, 2.45) is 5.92 Å². The molecule has 7 heteroatoms. The van der Waals surface area contributed by atoms with Crippen LogP contribution in [0.25, 0.3) is 10.9 Å². The number of anilines is 1. The van der Waals surface area contributed by atoms with E-state index in [2.05, 4.69) is 23.8 Å². The third-order valence-electron chi connectivity index (χ3n) is 4.59. The first-order valence-corrected chi connectivity index (χ1v) is 9.33. The predicted molar refractivity (Wildman–Crippen MR) is 103 cm³/mol. The Bertz CT molecular complexity index is 736. The van der Waals surface area contributed by atoms with E-state index < -0.39 is 4.92 Å². The van der Waals surface area contributed by atoms with Crippen molar-refractivity contribution in [3.8, 4) is 0 Å². The number of unbranched alkanes of at least 4 members (excludes halogenated alkanes) is 1. The molecule has 1 aromatic carbocycles. The maximum absolute atomic E-state index is 11.0. The summed E-state index contributed by atoms with van der Waals surface area (Å²) in [6.45, 7) is 5.83. The van der Waals surface area contributed by atoms with Crippen LogP contribution in [0.15, 0.2) is 18.2 Å². The second-order valence-electron chi connectivity index (χ2n) is 6.58. The van der Waals surface area contributed by atoms with E-state index in [1.54, 1.807) is 6.07 Å². The zero-order valence-corrected chi connectivity index (χ0v) is 15.6.